The predicted octanol–water partition coefficient (Wildman–Crippen LogP) is 7.88. The molecule has 7 amide bonds. The van der Waals surface area contributed by atoms with Crippen molar-refractivity contribution in [3.05, 3.63) is 88.0 Å². The van der Waals surface area contributed by atoms with Crippen molar-refractivity contribution in [1.82, 2.24) is 20.0 Å². The van der Waals surface area contributed by atoms with Gasteiger partial charge in [0.15, 0.2) is 0 Å². The summed E-state index contributed by atoms with van der Waals surface area (Å²) < 4.78 is 21.8. The number of rotatable bonds is 21. The number of nitrogens with two attached hydrogens (primary N) is 2. The Labute approximate surface area is 500 Å². The zero-order valence-electron chi connectivity index (χ0n) is 45.9. The van der Waals surface area contributed by atoms with E-state index in [0.717, 1.165) is 51.0 Å². The molecule has 0 bridgehead atoms. The molecule has 80 heavy (non-hydrogen) atoms. The SMILES string of the molecule is BrCCCBr.CC(C)(C)OC(=O)CCC(C(N)=O)N1Cc2cc(O)ccc2C1=O.CC(C)(C)OC(=O)CCC(C(N)=O)N1Cc2cc(OCCCBr)ccc2C1=O.O=C1CCC(N2Cc3cc(OCCCBr)ccc3C2=O)C(=O)N1. The Balaban J connectivity index is 0.000000248. The highest BCUT2D eigenvalue weighted by molar-refractivity contribution is 9.10. The van der Waals surface area contributed by atoms with Crippen LogP contribution >= 0.6 is 63.7 Å². The molecule has 0 aromatic heterocycles. The van der Waals surface area contributed by atoms with Gasteiger partial charge in [-0.15, -0.1) is 0 Å². The Kier molecular flexibility index (Phi) is 26.4. The topological polar surface area (TPSA) is 285 Å². The van der Waals surface area contributed by atoms with Crippen molar-refractivity contribution in [2.45, 2.75) is 148 Å². The van der Waals surface area contributed by atoms with Gasteiger partial charge in [-0.05, 0) is 151 Å². The van der Waals surface area contributed by atoms with Gasteiger partial charge >= 0.3 is 11.9 Å². The van der Waals surface area contributed by atoms with E-state index in [-0.39, 0.29) is 74.6 Å². The summed E-state index contributed by atoms with van der Waals surface area (Å²) in [4.78, 5) is 113. The van der Waals surface area contributed by atoms with Gasteiger partial charge < -0.3 is 50.2 Å². The van der Waals surface area contributed by atoms with Crippen LogP contribution < -0.4 is 26.3 Å². The summed E-state index contributed by atoms with van der Waals surface area (Å²) in [7, 11) is 0. The summed E-state index contributed by atoms with van der Waals surface area (Å²) in [5.41, 5.74) is 13.5. The molecule has 0 spiro atoms. The number of benzene rings is 3. The second kappa shape index (κ2) is 31.6. The number of amides is 7. The van der Waals surface area contributed by atoms with Gasteiger partial charge in [-0.2, -0.15) is 0 Å². The summed E-state index contributed by atoms with van der Waals surface area (Å²) in [6, 6.07) is 12.7. The lowest BCUT2D eigenvalue weighted by molar-refractivity contribution is -0.156. The van der Waals surface area contributed by atoms with Crippen LogP contribution in [0.5, 0.6) is 17.2 Å². The molecule has 438 valence electrons. The lowest BCUT2D eigenvalue weighted by Gasteiger charge is -2.29. The maximum Gasteiger partial charge on any atom is 0.306 e. The number of esters is 2. The Bertz CT molecular complexity index is 2710. The standard InChI is InChI=1S/C20H27BrN2O5.C17H22N2O5.C16H17BrN2O4.C3H6Br2/c1-20(2,3)28-17(24)8-7-16(18(22)25)23-12-13-11-14(27-10-4-9-21)5-6-15(13)19(23)26;1-17(2,3)24-14(21)7-6-13(15(18)22)19-9-10-8-11(20)4-5-12(10)16(19)23;17-6-1-7-23-11-2-3-12-10(8-11)9-19(16(12)22)13-4-5-14(20)18-15(13)21;4-2-1-3-5/h5-6,11,16H,4,7-10,12H2,1-3H3,(H2,22,25);4-5,8,13,20H,6-7,9H2,1-3H3,(H2,18,22);2-3,8,13H,1,4-7,9H2,(H,18,20,21);1-3H2. The molecular formula is C56H72Br4N6O14. The Morgan fingerprint density at radius 1 is 0.613 bits per heavy atom. The number of hydrogen-bond donors (Lipinski definition) is 4. The Morgan fingerprint density at radius 3 is 1.43 bits per heavy atom. The first kappa shape index (κ1) is 66.9. The van der Waals surface area contributed by atoms with Crippen molar-refractivity contribution in [2.24, 2.45) is 11.5 Å². The molecule has 1 saturated heterocycles. The molecule has 6 N–H and O–H groups in total. The lowest BCUT2D eigenvalue weighted by atomic mass is 10.0. The highest BCUT2D eigenvalue weighted by atomic mass is 79.9. The fraction of sp³-hybridized carbons (Fsp3) is 0.518. The zero-order chi connectivity index (χ0) is 59.5. The minimum atomic E-state index is -0.903. The number of imide groups is 1. The lowest BCUT2D eigenvalue weighted by Crippen LogP contribution is -2.52. The number of carbonyl (C=O) groups is 9. The number of hydrogen-bond acceptors (Lipinski definition) is 14. The van der Waals surface area contributed by atoms with Gasteiger partial charge in [0, 0.05) is 76.9 Å². The molecule has 3 aromatic carbocycles. The molecule has 0 aliphatic carbocycles. The number of phenols is 1. The maximum absolute atomic E-state index is 12.7. The number of halogens is 4. The largest absolute Gasteiger partial charge is 0.508 e. The van der Waals surface area contributed by atoms with E-state index in [1.54, 1.807) is 65.8 Å². The molecular weight excluding hydrogens is 1300 g/mol. The molecule has 0 radical (unpaired) electrons. The molecule has 20 nitrogen and oxygen atoms in total. The van der Waals surface area contributed by atoms with E-state index in [1.165, 1.54) is 39.3 Å². The Morgan fingerprint density at radius 2 is 1.02 bits per heavy atom. The number of nitrogens with one attached hydrogen (secondary N) is 1. The van der Waals surface area contributed by atoms with Crippen LogP contribution in [-0.2, 0) is 57.9 Å². The number of ether oxygens (including phenoxy) is 4. The van der Waals surface area contributed by atoms with E-state index < -0.39 is 59.0 Å². The maximum atomic E-state index is 12.7. The van der Waals surface area contributed by atoms with Crippen molar-refractivity contribution >= 4 is 117 Å². The van der Waals surface area contributed by atoms with Crippen molar-refractivity contribution in [1.29, 1.82) is 0 Å². The van der Waals surface area contributed by atoms with Crippen LogP contribution in [0.2, 0.25) is 0 Å². The van der Waals surface area contributed by atoms with E-state index in [2.05, 4.69) is 69.0 Å². The van der Waals surface area contributed by atoms with Crippen LogP contribution in [0.15, 0.2) is 54.6 Å². The smallest absolute Gasteiger partial charge is 0.306 e. The summed E-state index contributed by atoms with van der Waals surface area (Å²) in [5, 5.41) is 15.8. The second-order valence-electron chi connectivity index (χ2n) is 20.8. The van der Waals surface area contributed by atoms with Crippen molar-refractivity contribution < 1.29 is 67.2 Å². The number of carbonyl (C=O) groups excluding carboxylic acids is 9. The predicted molar refractivity (Wildman–Crippen MR) is 313 cm³/mol. The zero-order valence-corrected chi connectivity index (χ0v) is 52.3. The summed E-state index contributed by atoms with van der Waals surface area (Å²) in [6.07, 6.45) is 3.84. The van der Waals surface area contributed by atoms with Gasteiger partial charge in [-0.1, -0.05) is 63.7 Å². The van der Waals surface area contributed by atoms with E-state index in [0.29, 0.717) is 54.2 Å². The molecule has 24 heteroatoms. The molecule has 4 aliphatic rings. The fourth-order valence-electron chi connectivity index (χ4n) is 8.62. The minimum absolute atomic E-state index is 0.00586. The number of nitrogens with zero attached hydrogens (tertiary/aromatic N) is 3. The van der Waals surface area contributed by atoms with Gasteiger partial charge in [0.2, 0.25) is 23.6 Å². The van der Waals surface area contributed by atoms with E-state index >= 15 is 0 Å². The third kappa shape index (κ3) is 20.4. The van der Waals surface area contributed by atoms with Crippen LogP contribution in [0.25, 0.3) is 0 Å². The third-order valence-electron chi connectivity index (χ3n) is 12.2. The van der Waals surface area contributed by atoms with Gasteiger partial charge in [-0.3, -0.25) is 48.5 Å². The van der Waals surface area contributed by atoms with Crippen molar-refractivity contribution in [2.75, 3.05) is 34.5 Å². The Hall–Kier alpha value is -5.59. The van der Waals surface area contributed by atoms with Crippen LogP contribution in [-0.4, -0.2) is 137 Å². The number of primary amides is 2. The van der Waals surface area contributed by atoms with Gasteiger partial charge in [-0.25, -0.2) is 0 Å². The molecule has 4 heterocycles. The second-order valence-corrected chi connectivity index (χ2v) is 24.0. The normalized spacial score (nSPS) is 16.1. The molecule has 1 fully saturated rings. The molecule has 3 aromatic rings. The van der Waals surface area contributed by atoms with Gasteiger partial charge in [0.1, 0.15) is 46.6 Å². The van der Waals surface area contributed by atoms with Crippen LogP contribution in [0.1, 0.15) is 147 Å². The van der Waals surface area contributed by atoms with Crippen LogP contribution in [0.3, 0.4) is 0 Å². The van der Waals surface area contributed by atoms with E-state index in [9.17, 15) is 48.3 Å². The minimum Gasteiger partial charge on any atom is -0.508 e. The molecule has 3 unspecified atom stereocenters. The van der Waals surface area contributed by atoms with Crippen molar-refractivity contribution in [3.8, 4) is 17.2 Å². The monoisotopic (exact) mass is 1370 g/mol. The number of alkyl halides is 4. The third-order valence-corrected chi connectivity index (χ3v) is 14.4. The fourth-order valence-corrected chi connectivity index (χ4v) is 10.4. The first-order chi connectivity index (χ1) is 37.7. The quantitative estimate of drug-likeness (QED) is 0.0342. The summed E-state index contributed by atoms with van der Waals surface area (Å²) >= 11 is 13.3. The molecule has 0 saturated carbocycles. The highest BCUT2D eigenvalue weighted by Gasteiger charge is 2.40. The number of piperidine rings is 1. The highest BCUT2D eigenvalue weighted by Crippen LogP contribution is 2.33. The number of aromatic hydroxyl groups is 1. The summed E-state index contributed by atoms with van der Waals surface area (Å²) in [5.74, 6) is -2.18. The van der Waals surface area contributed by atoms with Crippen molar-refractivity contribution in [3.63, 3.8) is 0 Å². The summed E-state index contributed by atoms with van der Waals surface area (Å²) in [6.45, 7) is 12.6. The first-order valence-electron chi connectivity index (χ1n) is 26.1. The van der Waals surface area contributed by atoms with Crippen LogP contribution in [0.4, 0.5) is 0 Å². The average Bonchev–Trinajstić information content (AvgIpc) is 3.99. The number of fused-ring (bicyclic) bond motifs is 3. The molecule has 4 aliphatic heterocycles. The first-order valence-corrected chi connectivity index (χ1v) is 30.6. The van der Waals surface area contributed by atoms with Gasteiger partial charge in [0.05, 0.1) is 13.2 Å². The van der Waals surface area contributed by atoms with E-state index in [1.807, 2.05) is 12.1 Å². The molecule has 7 rings (SSSR count). The van der Waals surface area contributed by atoms with E-state index in [4.69, 9.17) is 30.4 Å². The van der Waals surface area contributed by atoms with Crippen LogP contribution in [0, 0.1) is 0 Å². The number of phenolic OH excluding ortho intramolecular Hbond substituents is 1. The molecule has 3 atom stereocenters. The average molecular weight is 1370 g/mol. The van der Waals surface area contributed by atoms with Gasteiger partial charge in [0.25, 0.3) is 17.7 Å².